The van der Waals surface area contributed by atoms with E-state index in [0.717, 1.165) is 12.8 Å². The standard InChI is InChI=1S/C7H14.Co/c1-3-5-7-6-4-2;/h1-7H2;/q-2;+2. The van der Waals surface area contributed by atoms with E-state index in [2.05, 4.69) is 13.8 Å². The number of unbranched alkanes of at least 4 members (excludes halogenated alkanes) is 4. The molecule has 0 aromatic carbocycles. The molecule has 0 rings (SSSR count). The van der Waals surface area contributed by atoms with Crippen LogP contribution in [0.15, 0.2) is 0 Å². The Morgan fingerprint density at radius 2 is 1.12 bits per heavy atom. The average molecular weight is 157 g/mol. The normalized spacial score (nSPS) is 8.25. The molecule has 0 heterocycles. The molecule has 0 fully saturated rings. The van der Waals surface area contributed by atoms with Crippen molar-refractivity contribution in [1.29, 1.82) is 0 Å². The van der Waals surface area contributed by atoms with Crippen molar-refractivity contribution in [3.63, 3.8) is 0 Å². The monoisotopic (exact) mass is 157 g/mol. The molecule has 0 atom stereocenters. The predicted octanol–water partition coefficient (Wildman–Crippen LogP) is 2.60. The van der Waals surface area contributed by atoms with E-state index in [4.69, 9.17) is 0 Å². The topological polar surface area (TPSA) is 0 Å². The van der Waals surface area contributed by atoms with E-state index in [-0.39, 0.29) is 16.8 Å². The summed E-state index contributed by atoms with van der Waals surface area (Å²) >= 11 is 0. The minimum atomic E-state index is 0. The summed E-state index contributed by atoms with van der Waals surface area (Å²) in [5.74, 6) is 0. The van der Waals surface area contributed by atoms with Crippen LogP contribution in [0.5, 0.6) is 0 Å². The number of hydrogen-bond donors (Lipinski definition) is 0. The maximum atomic E-state index is 3.74. The molecule has 1 radical (unpaired) electrons. The Balaban J connectivity index is 0. The van der Waals surface area contributed by atoms with E-state index in [1.54, 1.807) is 0 Å². The fourth-order valence-corrected chi connectivity index (χ4v) is 0.530. The van der Waals surface area contributed by atoms with Crippen LogP contribution in [0.3, 0.4) is 0 Å². The Bertz CT molecular complexity index is 23.6. The molecule has 0 aromatic heterocycles. The van der Waals surface area contributed by atoms with E-state index in [1.165, 1.54) is 19.3 Å². The first kappa shape index (κ1) is 11.3. The van der Waals surface area contributed by atoms with Crippen molar-refractivity contribution in [2.24, 2.45) is 0 Å². The van der Waals surface area contributed by atoms with E-state index < -0.39 is 0 Å². The Morgan fingerprint density at radius 1 is 0.750 bits per heavy atom. The second-order valence-corrected chi connectivity index (χ2v) is 1.77. The molecule has 0 aliphatic carbocycles. The Kier molecular flexibility index (Phi) is 14.8. The fraction of sp³-hybridized carbons (Fsp3) is 0.714. The SMILES string of the molecule is [CH2-]CCCCC[CH2-].[Co+2]. The van der Waals surface area contributed by atoms with Crippen molar-refractivity contribution in [2.45, 2.75) is 32.1 Å². The first-order valence-electron chi connectivity index (χ1n) is 3.00. The van der Waals surface area contributed by atoms with Gasteiger partial charge < -0.3 is 13.8 Å². The van der Waals surface area contributed by atoms with Crippen molar-refractivity contribution >= 4 is 0 Å². The third-order valence-electron chi connectivity index (χ3n) is 1.000. The molecule has 0 aliphatic heterocycles. The van der Waals surface area contributed by atoms with Gasteiger partial charge in [0.15, 0.2) is 0 Å². The maximum Gasteiger partial charge on any atom is 2.00 e. The number of hydrogen-bond acceptors (Lipinski definition) is 0. The van der Waals surface area contributed by atoms with E-state index in [0.29, 0.717) is 0 Å². The summed E-state index contributed by atoms with van der Waals surface area (Å²) in [5.41, 5.74) is 0. The zero-order chi connectivity index (χ0) is 5.54. The molecule has 0 unspecified atom stereocenters. The van der Waals surface area contributed by atoms with Gasteiger partial charge in [0.25, 0.3) is 0 Å². The van der Waals surface area contributed by atoms with Gasteiger partial charge in [0.1, 0.15) is 0 Å². The average Bonchev–Trinajstić information content (AvgIpc) is 1.69. The molecule has 0 saturated heterocycles. The summed E-state index contributed by atoms with van der Waals surface area (Å²) in [4.78, 5) is 0. The molecule has 1 heteroatoms. The van der Waals surface area contributed by atoms with Crippen LogP contribution in [-0.2, 0) is 16.8 Å². The fourth-order valence-electron chi connectivity index (χ4n) is 0.530. The molecule has 0 aromatic rings. The Morgan fingerprint density at radius 3 is 1.38 bits per heavy atom. The minimum absolute atomic E-state index is 0. The molecule has 0 amide bonds. The zero-order valence-corrected chi connectivity index (χ0v) is 6.32. The predicted molar refractivity (Wildman–Crippen MR) is 33.8 cm³/mol. The van der Waals surface area contributed by atoms with Gasteiger partial charge in [0.2, 0.25) is 0 Å². The van der Waals surface area contributed by atoms with Gasteiger partial charge in [-0.25, -0.2) is 0 Å². The summed E-state index contributed by atoms with van der Waals surface area (Å²) < 4.78 is 0. The van der Waals surface area contributed by atoms with Gasteiger partial charge in [-0.2, -0.15) is 12.8 Å². The largest absolute Gasteiger partial charge is 2.00 e. The molecular weight excluding hydrogens is 143 g/mol. The summed E-state index contributed by atoms with van der Waals surface area (Å²) in [7, 11) is 0. The van der Waals surface area contributed by atoms with Crippen LogP contribution in [0.25, 0.3) is 0 Å². The molecule has 0 N–H and O–H groups in total. The van der Waals surface area contributed by atoms with Crippen LogP contribution in [0.2, 0.25) is 0 Å². The van der Waals surface area contributed by atoms with Gasteiger partial charge >= 0.3 is 16.8 Å². The molecule has 0 saturated carbocycles. The van der Waals surface area contributed by atoms with Gasteiger partial charge in [-0.3, -0.25) is 0 Å². The second-order valence-electron chi connectivity index (χ2n) is 1.77. The second kappa shape index (κ2) is 10.5. The van der Waals surface area contributed by atoms with Crippen molar-refractivity contribution in [3.05, 3.63) is 13.8 Å². The van der Waals surface area contributed by atoms with E-state index in [9.17, 15) is 0 Å². The molecule has 0 aliphatic rings. The van der Waals surface area contributed by atoms with Gasteiger partial charge in [-0.1, -0.05) is 19.3 Å². The van der Waals surface area contributed by atoms with Crippen LogP contribution < -0.4 is 0 Å². The Hall–Kier alpha value is 0.506. The van der Waals surface area contributed by atoms with Gasteiger partial charge in [0.05, 0.1) is 0 Å². The molecule has 8 heavy (non-hydrogen) atoms. The third-order valence-corrected chi connectivity index (χ3v) is 1.000. The minimum Gasteiger partial charge on any atom is -0.343 e. The van der Waals surface area contributed by atoms with Crippen LogP contribution in [-0.4, -0.2) is 0 Å². The summed E-state index contributed by atoms with van der Waals surface area (Å²) in [6.45, 7) is 7.47. The van der Waals surface area contributed by atoms with Crippen molar-refractivity contribution in [1.82, 2.24) is 0 Å². The molecular formula is C7H14Co. The summed E-state index contributed by atoms with van der Waals surface area (Å²) in [6.07, 6.45) is 6.03. The Labute approximate surface area is 63.2 Å². The first-order valence-corrected chi connectivity index (χ1v) is 3.00. The maximum absolute atomic E-state index is 3.74. The summed E-state index contributed by atoms with van der Waals surface area (Å²) in [6, 6.07) is 0. The van der Waals surface area contributed by atoms with Gasteiger partial charge in [0, 0.05) is 0 Å². The molecule has 0 bridgehead atoms. The first-order chi connectivity index (χ1) is 3.41. The quantitative estimate of drug-likeness (QED) is 0.434. The molecule has 0 spiro atoms. The van der Waals surface area contributed by atoms with Crippen LogP contribution in [0.1, 0.15) is 32.1 Å². The third kappa shape index (κ3) is 9.71. The van der Waals surface area contributed by atoms with Crippen LogP contribution in [0.4, 0.5) is 0 Å². The van der Waals surface area contributed by atoms with Crippen molar-refractivity contribution in [2.75, 3.05) is 0 Å². The van der Waals surface area contributed by atoms with Gasteiger partial charge in [-0.15, -0.1) is 0 Å². The zero-order valence-electron chi connectivity index (χ0n) is 5.28. The van der Waals surface area contributed by atoms with Crippen molar-refractivity contribution < 1.29 is 16.8 Å². The number of rotatable bonds is 4. The smallest absolute Gasteiger partial charge is 0.343 e. The van der Waals surface area contributed by atoms with Crippen molar-refractivity contribution in [3.8, 4) is 0 Å². The van der Waals surface area contributed by atoms with Crippen LogP contribution >= 0.6 is 0 Å². The molecule has 51 valence electrons. The van der Waals surface area contributed by atoms with E-state index >= 15 is 0 Å². The van der Waals surface area contributed by atoms with Crippen LogP contribution in [0, 0.1) is 13.8 Å². The van der Waals surface area contributed by atoms with E-state index in [1.807, 2.05) is 0 Å². The summed E-state index contributed by atoms with van der Waals surface area (Å²) in [5, 5.41) is 0. The van der Waals surface area contributed by atoms with Gasteiger partial charge in [-0.05, 0) is 0 Å². The molecule has 0 nitrogen and oxygen atoms in total.